The number of aliphatic carboxylic acids is 1. The van der Waals surface area contributed by atoms with E-state index in [1.807, 2.05) is 25.2 Å². The SMILES string of the molecule is C=C1OC(=O)C(=C(O)/C(C)=C/CC/C=C/C=C/[C@@H](C)CC(=O)O)C1=O. The minimum absolute atomic E-state index is 0.0358. The number of carbonyl (C=O) groups is 3. The lowest BCUT2D eigenvalue weighted by molar-refractivity contribution is -0.137. The highest BCUT2D eigenvalue weighted by molar-refractivity contribution is 6.28. The molecule has 0 aromatic heterocycles. The van der Waals surface area contributed by atoms with Crippen LogP contribution in [-0.2, 0) is 19.1 Å². The Morgan fingerprint density at radius 3 is 2.48 bits per heavy atom. The van der Waals surface area contributed by atoms with Crippen molar-refractivity contribution in [3.63, 3.8) is 0 Å². The molecule has 0 radical (unpaired) electrons. The van der Waals surface area contributed by atoms with E-state index in [9.17, 15) is 19.5 Å². The van der Waals surface area contributed by atoms with E-state index in [2.05, 4.69) is 11.3 Å². The molecule has 1 rings (SSSR count). The van der Waals surface area contributed by atoms with Crippen LogP contribution in [0.25, 0.3) is 0 Å². The van der Waals surface area contributed by atoms with Crippen LogP contribution < -0.4 is 0 Å². The summed E-state index contributed by atoms with van der Waals surface area (Å²) in [6.07, 6.45) is 10.4. The number of hydrogen-bond acceptors (Lipinski definition) is 5. The highest BCUT2D eigenvalue weighted by Crippen LogP contribution is 2.24. The second kappa shape index (κ2) is 9.42. The monoisotopic (exact) mass is 346 g/mol. The van der Waals surface area contributed by atoms with Crippen LogP contribution in [0.2, 0.25) is 0 Å². The Morgan fingerprint density at radius 1 is 1.24 bits per heavy atom. The average Bonchev–Trinajstić information content (AvgIpc) is 2.77. The van der Waals surface area contributed by atoms with Gasteiger partial charge in [0.15, 0.2) is 11.3 Å². The first kappa shape index (κ1) is 20.2. The Hall–Kier alpha value is -2.89. The number of esters is 1. The Morgan fingerprint density at radius 2 is 1.92 bits per heavy atom. The topological polar surface area (TPSA) is 101 Å². The molecule has 0 aromatic carbocycles. The van der Waals surface area contributed by atoms with Crippen molar-refractivity contribution in [3.05, 3.63) is 59.6 Å². The zero-order valence-electron chi connectivity index (χ0n) is 14.3. The van der Waals surface area contributed by atoms with Gasteiger partial charge in [-0.05, 0) is 31.3 Å². The van der Waals surface area contributed by atoms with Crippen LogP contribution >= 0.6 is 0 Å². The largest absolute Gasteiger partial charge is 0.507 e. The molecule has 0 spiro atoms. The summed E-state index contributed by atoms with van der Waals surface area (Å²) in [6, 6.07) is 0. The third-order valence-electron chi connectivity index (χ3n) is 3.48. The van der Waals surface area contributed by atoms with Crippen molar-refractivity contribution in [2.24, 2.45) is 5.92 Å². The third-order valence-corrected chi connectivity index (χ3v) is 3.48. The van der Waals surface area contributed by atoms with E-state index in [1.165, 1.54) is 0 Å². The maximum Gasteiger partial charge on any atom is 0.351 e. The van der Waals surface area contributed by atoms with Gasteiger partial charge in [0.1, 0.15) is 5.76 Å². The Balaban J connectivity index is 2.54. The van der Waals surface area contributed by atoms with Crippen LogP contribution in [0, 0.1) is 5.92 Å². The van der Waals surface area contributed by atoms with Gasteiger partial charge in [-0.2, -0.15) is 0 Å². The van der Waals surface area contributed by atoms with Crippen LogP contribution in [0.15, 0.2) is 59.6 Å². The summed E-state index contributed by atoms with van der Waals surface area (Å²) in [5.41, 5.74) is 0.0265. The number of carboxylic acids is 1. The molecule has 1 saturated heterocycles. The summed E-state index contributed by atoms with van der Waals surface area (Å²) in [5.74, 6) is -3.13. The first-order valence-corrected chi connectivity index (χ1v) is 7.85. The van der Waals surface area contributed by atoms with Crippen LogP contribution in [0.1, 0.15) is 33.1 Å². The van der Waals surface area contributed by atoms with Gasteiger partial charge in [-0.3, -0.25) is 9.59 Å². The zero-order valence-corrected chi connectivity index (χ0v) is 14.3. The van der Waals surface area contributed by atoms with Crippen molar-refractivity contribution >= 4 is 17.7 Å². The molecule has 0 unspecified atom stereocenters. The molecule has 1 aliphatic heterocycles. The lowest BCUT2D eigenvalue weighted by Crippen LogP contribution is -2.06. The predicted molar refractivity (Wildman–Crippen MR) is 92.6 cm³/mol. The molecular formula is C19H22O6. The zero-order chi connectivity index (χ0) is 19.0. The molecule has 2 N–H and O–H groups in total. The van der Waals surface area contributed by atoms with Crippen molar-refractivity contribution in [2.45, 2.75) is 33.1 Å². The van der Waals surface area contributed by atoms with E-state index >= 15 is 0 Å². The predicted octanol–water partition coefficient (Wildman–Crippen LogP) is 3.39. The number of unbranched alkanes of at least 4 members (excludes halogenated alkanes) is 1. The molecule has 1 fully saturated rings. The summed E-state index contributed by atoms with van der Waals surface area (Å²) in [4.78, 5) is 33.7. The van der Waals surface area contributed by atoms with Crippen molar-refractivity contribution in [1.82, 2.24) is 0 Å². The summed E-state index contributed by atoms with van der Waals surface area (Å²) in [7, 11) is 0. The Labute approximate surface area is 146 Å². The van der Waals surface area contributed by atoms with Gasteiger partial charge in [0, 0.05) is 0 Å². The van der Waals surface area contributed by atoms with E-state index in [1.54, 1.807) is 19.1 Å². The van der Waals surface area contributed by atoms with Gasteiger partial charge in [-0.15, -0.1) is 0 Å². The molecule has 0 bridgehead atoms. The quantitative estimate of drug-likeness (QED) is 0.174. The smallest absolute Gasteiger partial charge is 0.351 e. The van der Waals surface area contributed by atoms with Crippen molar-refractivity contribution in [2.75, 3.05) is 0 Å². The van der Waals surface area contributed by atoms with Crippen LogP contribution in [0.3, 0.4) is 0 Å². The number of ketones is 1. The lowest BCUT2D eigenvalue weighted by atomic mass is 10.1. The van der Waals surface area contributed by atoms with Crippen molar-refractivity contribution < 1.29 is 29.3 Å². The minimum atomic E-state index is -0.888. The van der Waals surface area contributed by atoms with Gasteiger partial charge in [-0.25, -0.2) is 4.79 Å². The Bertz CT molecular complexity index is 691. The van der Waals surface area contributed by atoms with E-state index in [0.717, 1.165) is 0 Å². The van der Waals surface area contributed by atoms with Gasteiger partial charge < -0.3 is 14.9 Å². The molecule has 1 heterocycles. The maximum absolute atomic E-state index is 11.7. The minimum Gasteiger partial charge on any atom is -0.507 e. The normalized spacial score (nSPS) is 19.0. The average molecular weight is 346 g/mol. The van der Waals surface area contributed by atoms with Gasteiger partial charge in [0.05, 0.1) is 6.42 Å². The second-order valence-corrected chi connectivity index (χ2v) is 5.72. The first-order chi connectivity index (χ1) is 11.7. The molecule has 0 saturated carbocycles. The standard InChI is InChI=1S/C19H22O6/c1-12(11-15(20)21)9-7-5-4-6-8-10-13(2)17(22)16-18(23)14(3)25-19(16)24/h4-5,7,9-10,12,22H,3,6,8,11H2,1-2H3,(H,20,21)/b5-4+,9-7+,13-10+,17-16?/t12-/m1/s1. The third kappa shape index (κ3) is 6.25. The molecule has 1 aliphatic rings. The Kier molecular flexibility index (Phi) is 7.59. The number of cyclic esters (lactones) is 1. The van der Waals surface area contributed by atoms with E-state index in [4.69, 9.17) is 5.11 Å². The fourth-order valence-electron chi connectivity index (χ4n) is 2.11. The number of aliphatic hydroxyl groups is 1. The van der Waals surface area contributed by atoms with Crippen LogP contribution in [0.5, 0.6) is 0 Å². The number of ether oxygens (including phenoxy) is 1. The van der Waals surface area contributed by atoms with Gasteiger partial charge in [0.25, 0.3) is 0 Å². The second-order valence-electron chi connectivity index (χ2n) is 5.72. The molecule has 0 amide bonds. The number of aliphatic hydroxyl groups excluding tert-OH is 1. The number of hydrogen-bond donors (Lipinski definition) is 2. The fraction of sp³-hybridized carbons (Fsp3) is 0.316. The molecule has 1 atom stereocenters. The number of rotatable bonds is 8. The molecule has 0 aromatic rings. The molecule has 25 heavy (non-hydrogen) atoms. The van der Waals surface area contributed by atoms with Crippen LogP contribution in [-0.4, -0.2) is 27.9 Å². The summed E-state index contributed by atoms with van der Waals surface area (Å²) in [5, 5.41) is 18.7. The highest BCUT2D eigenvalue weighted by atomic mass is 16.5. The number of carbonyl (C=O) groups excluding carboxylic acids is 2. The molecule has 0 aliphatic carbocycles. The number of carboxylic acid groups (broad SMARTS) is 1. The summed E-state index contributed by atoms with van der Waals surface area (Å²) < 4.78 is 4.59. The fourth-order valence-corrected chi connectivity index (χ4v) is 2.11. The van der Waals surface area contributed by atoms with E-state index < -0.39 is 17.7 Å². The summed E-state index contributed by atoms with van der Waals surface area (Å²) in [6.45, 7) is 6.73. The van der Waals surface area contributed by atoms with Gasteiger partial charge in [0.2, 0.25) is 5.78 Å². The van der Waals surface area contributed by atoms with Crippen LogP contribution in [0.4, 0.5) is 0 Å². The van der Waals surface area contributed by atoms with Crippen molar-refractivity contribution in [1.29, 1.82) is 0 Å². The first-order valence-electron chi connectivity index (χ1n) is 7.85. The molecule has 6 heteroatoms. The van der Waals surface area contributed by atoms with Crippen molar-refractivity contribution in [3.8, 4) is 0 Å². The molecular weight excluding hydrogens is 324 g/mol. The summed E-state index contributed by atoms with van der Waals surface area (Å²) >= 11 is 0. The molecule has 134 valence electrons. The van der Waals surface area contributed by atoms with Gasteiger partial charge >= 0.3 is 11.9 Å². The lowest BCUT2D eigenvalue weighted by Gasteiger charge is -2.01. The molecule has 6 nitrogen and oxygen atoms in total. The number of allylic oxidation sites excluding steroid dienone is 7. The number of Topliss-reactive ketones (excluding diaryl/α,β-unsaturated/α-hetero) is 1. The van der Waals surface area contributed by atoms with Gasteiger partial charge in [-0.1, -0.05) is 43.9 Å². The van der Waals surface area contributed by atoms with E-state index in [-0.39, 0.29) is 29.4 Å². The maximum atomic E-state index is 11.7. The van der Waals surface area contributed by atoms with E-state index in [0.29, 0.717) is 18.4 Å². The highest BCUT2D eigenvalue weighted by Gasteiger charge is 2.36.